The number of allylic oxidation sites excluding steroid dienone is 6. The molecule has 2 rings (SSSR count). The Labute approximate surface area is 258 Å². The summed E-state index contributed by atoms with van der Waals surface area (Å²) in [5, 5.41) is 23.0. The van der Waals surface area contributed by atoms with Gasteiger partial charge in [-0.05, 0) is 78.4 Å². The number of carbonyl (C=O) groups excluding carboxylic acids is 2. The first kappa shape index (κ1) is 38.3. The van der Waals surface area contributed by atoms with Crippen molar-refractivity contribution in [3.8, 4) is 0 Å². The average Bonchev–Trinajstić information content (AvgIpc) is 3.48. The molecule has 2 aliphatic carbocycles. The molecule has 0 N–H and O–H groups in total. The number of carboxylic acids is 2. The van der Waals surface area contributed by atoms with Gasteiger partial charge in [0.2, 0.25) is 0 Å². The Balaban J connectivity index is 0.000000762. The fourth-order valence-electron chi connectivity index (χ4n) is 4.83. The molecule has 41 heavy (non-hydrogen) atoms. The molecule has 2 aliphatic rings. The first-order chi connectivity index (χ1) is 18.5. The van der Waals surface area contributed by atoms with Gasteiger partial charge in [-0.25, -0.2) is 0 Å². The van der Waals surface area contributed by atoms with Gasteiger partial charge < -0.3 is 29.6 Å². The molecule has 0 atom stereocenters. The first-order valence-electron chi connectivity index (χ1n) is 14.5. The summed E-state index contributed by atoms with van der Waals surface area (Å²) >= 11 is 0. The van der Waals surface area contributed by atoms with Crippen molar-refractivity contribution in [1.82, 2.24) is 9.80 Å². The van der Waals surface area contributed by atoms with E-state index in [0.717, 1.165) is 24.2 Å². The number of amidine groups is 2. The Hall–Kier alpha value is -2.65. The molecule has 8 nitrogen and oxygen atoms in total. The van der Waals surface area contributed by atoms with Crippen LogP contribution in [0.1, 0.15) is 95.9 Å². The van der Waals surface area contributed by atoms with E-state index in [1.54, 1.807) is 0 Å². The molecule has 0 amide bonds. The van der Waals surface area contributed by atoms with Gasteiger partial charge in [0, 0.05) is 48.4 Å². The van der Waals surface area contributed by atoms with E-state index in [9.17, 15) is 19.8 Å². The summed E-state index contributed by atoms with van der Waals surface area (Å²) in [6.45, 7) is 23.8. The Kier molecular flexibility index (Phi) is 16.2. The van der Waals surface area contributed by atoms with E-state index in [2.05, 4.69) is 62.0 Å². The molecule has 231 valence electrons. The number of hydrogen-bond donors (Lipinski definition) is 0. The molecule has 1 radical (unpaired) electrons. The van der Waals surface area contributed by atoms with Gasteiger partial charge in [0.15, 0.2) is 11.7 Å². The summed E-state index contributed by atoms with van der Waals surface area (Å²) in [6, 6.07) is -0.119. The number of aliphatic carboxylic acids is 2. The van der Waals surface area contributed by atoms with Crippen LogP contribution in [0, 0.1) is 11.8 Å². The number of aliphatic imine (C=N–C) groups is 2. The fraction of sp³-hybridized carbons (Fsp3) is 0.625. The quantitative estimate of drug-likeness (QED) is 0.299. The molecule has 0 saturated heterocycles. The third kappa shape index (κ3) is 10.9. The second-order valence-corrected chi connectivity index (χ2v) is 11.9. The minimum Gasteiger partial charge on any atom is -0.542 e. The minimum atomic E-state index is -1.21. The normalized spacial score (nSPS) is 15.6. The summed E-state index contributed by atoms with van der Waals surface area (Å²) in [7, 11) is 0. The summed E-state index contributed by atoms with van der Waals surface area (Å²) in [5.41, 5.74) is 4.41. The number of rotatable bonds is 8. The van der Waals surface area contributed by atoms with Crippen molar-refractivity contribution in [2.45, 2.75) is 120 Å². The third-order valence-corrected chi connectivity index (χ3v) is 6.32. The zero-order valence-electron chi connectivity index (χ0n) is 26.9. The largest absolute Gasteiger partial charge is 2.00 e. The molecular weight excluding hydrogens is 563 g/mol. The predicted octanol–water partition coefficient (Wildman–Crippen LogP) is 4.24. The minimum absolute atomic E-state index is 0. The monoisotopic (exact) mass is 613 g/mol. The van der Waals surface area contributed by atoms with Gasteiger partial charge in [0.05, 0.1) is 0 Å². The number of carboxylic acid groups (broad SMARTS) is 2. The molecule has 9 heteroatoms. The van der Waals surface area contributed by atoms with Crippen LogP contribution >= 0.6 is 0 Å². The van der Waals surface area contributed by atoms with Crippen LogP contribution in [0.2, 0.25) is 0 Å². The maximum absolute atomic E-state index is 11.5. The molecule has 0 aliphatic heterocycles. The molecule has 0 unspecified atom stereocenters. The zero-order chi connectivity index (χ0) is 30.9. The molecule has 0 bridgehead atoms. The Morgan fingerprint density at radius 1 is 0.634 bits per heavy atom. The molecule has 0 fully saturated rings. The van der Waals surface area contributed by atoms with Gasteiger partial charge in [-0.1, -0.05) is 52.0 Å². The molecule has 0 aromatic heterocycles. The van der Waals surface area contributed by atoms with E-state index in [4.69, 9.17) is 0 Å². The van der Waals surface area contributed by atoms with Crippen molar-refractivity contribution < 1.29 is 36.6 Å². The second kappa shape index (κ2) is 17.3. The van der Waals surface area contributed by atoms with Crippen molar-refractivity contribution in [2.75, 3.05) is 0 Å². The average molecular weight is 614 g/mol. The first-order valence-corrected chi connectivity index (χ1v) is 14.5. The van der Waals surface area contributed by atoms with E-state index in [-0.39, 0.29) is 52.6 Å². The fourth-order valence-corrected chi connectivity index (χ4v) is 4.83. The molecule has 0 aromatic carbocycles. The molecule has 0 heterocycles. The second-order valence-electron chi connectivity index (χ2n) is 11.9. The van der Waals surface area contributed by atoms with Gasteiger partial charge in [0.25, 0.3) is 0 Å². The Bertz CT molecular complexity index is 1000. The van der Waals surface area contributed by atoms with Gasteiger partial charge in [-0.3, -0.25) is 9.98 Å². The van der Waals surface area contributed by atoms with Crippen LogP contribution in [0.3, 0.4) is 0 Å². The van der Waals surface area contributed by atoms with Crippen molar-refractivity contribution >= 4 is 23.6 Å². The van der Waals surface area contributed by atoms with E-state index in [1.165, 1.54) is 11.1 Å². The Morgan fingerprint density at radius 3 is 1.12 bits per heavy atom. The number of nitrogens with zero attached hydrogens (tertiary/aromatic N) is 4. The SMILES string of the molecule is CC(C)N=C(C(=O)[O-])N(C1=C(C(C)C)C=CC1)C(C)C.CC(C)N=C(C(=O)[O-])N(C1=C(C(C)C)C=CC1)C(C)C.[Co+2]. The van der Waals surface area contributed by atoms with Crippen LogP contribution in [0.15, 0.2) is 56.8 Å². The van der Waals surface area contributed by atoms with Crippen molar-refractivity contribution in [3.63, 3.8) is 0 Å². The third-order valence-electron chi connectivity index (χ3n) is 6.32. The van der Waals surface area contributed by atoms with Gasteiger partial charge in [-0.2, -0.15) is 0 Å². The van der Waals surface area contributed by atoms with Crippen molar-refractivity contribution in [1.29, 1.82) is 0 Å². The van der Waals surface area contributed by atoms with E-state index >= 15 is 0 Å². The van der Waals surface area contributed by atoms with Gasteiger partial charge >= 0.3 is 16.8 Å². The molecular formula is C32H50CoN4O4. The number of hydrogen-bond acceptors (Lipinski definition) is 6. The zero-order valence-corrected chi connectivity index (χ0v) is 28.0. The van der Waals surface area contributed by atoms with E-state index in [0.29, 0.717) is 11.8 Å². The standard InChI is InChI=1S/2C16H26N2O2.Co/c2*1-10(2)13-8-7-9-14(13)18(12(5)6)15(16(19)20)17-11(3)4;/h2*7-8,10-12H,9H2,1-6H3,(H,19,20);/q;;+2/p-2. The summed E-state index contributed by atoms with van der Waals surface area (Å²) in [6.07, 6.45) is 9.80. The van der Waals surface area contributed by atoms with Crippen molar-refractivity contribution in [3.05, 3.63) is 46.8 Å². The summed E-state index contributed by atoms with van der Waals surface area (Å²) in [4.78, 5) is 35.1. The molecule has 0 saturated carbocycles. The van der Waals surface area contributed by atoms with E-state index in [1.807, 2.05) is 65.2 Å². The maximum atomic E-state index is 11.5. The summed E-state index contributed by atoms with van der Waals surface area (Å²) in [5.74, 6) is -1.65. The Morgan fingerprint density at radius 2 is 0.927 bits per heavy atom. The van der Waals surface area contributed by atoms with Crippen LogP contribution in [0.25, 0.3) is 0 Å². The predicted molar refractivity (Wildman–Crippen MR) is 160 cm³/mol. The van der Waals surface area contributed by atoms with Gasteiger partial charge in [-0.15, -0.1) is 0 Å². The van der Waals surface area contributed by atoms with Crippen molar-refractivity contribution in [2.24, 2.45) is 21.8 Å². The smallest absolute Gasteiger partial charge is 0.542 e. The van der Waals surface area contributed by atoms with Crippen LogP contribution < -0.4 is 10.2 Å². The topological polar surface area (TPSA) is 111 Å². The maximum Gasteiger partial charge on any atom is 2.00 e. The van der Waals surface area contributed by atoms with E-state index < -0.39 is 11.9 Å². The van der Waals surface area contributed by atoms with Crippen LogP contribution in [0.5, 0.6) is 0 Å². The van der Waals surface area contributed by atoms with Crippen LogP contribution in [-0.2, 0) is 26.4 Å². The molecule has 0 aromatic rings. The van der Waals surface area contributed by atoms with Crippen LogP contribution in [-0.4, -0.2) is 57.6 Å². The van der Waals surface area contributed by atoms with Crippen LogP contribution in [0.4, 0.5) is 0 Å². The number of carbonyl (C=O) groups is 2. The molecule has 0 spiro atoms. The summed E-state index contributed by atoms with van der Waals surface area (Å²) < 4.78 is 0. The van der Waals surface area contributed by atoms with Gasteiger partial charge in [0.1, 0.15) is 11.9 Å².